The zero-order valence-electron chi connectivity index (χ0n) is 12.3. The molecule has 6 heteroatoms. The van der Waals surface area contributed by atoms with Crippen LogP contribution in [0.2, 0.25) is 0 Å². The number of amides is 1. The van der Waals surface area contributed by atoms with Crippen LogP contribution in [0.3, 0.4) is 0 Å². The molecule has 0 aliphatic carbocycles. The number of hydrogen-bond donors (Lipinski definition) is 1. The van der Waals surface area contributed by atoms with Gasteiger partial charge in [-0.25, -0.2) is 4.98 Å². The number of carbonyl (C=O) groups excluding carboxylic acids is 1. The highest BCUT2D eigenvalue weighted by molar-refractivity contribution is 5.78. The Bertz CT molecular complexity index is 694. The number of hydrogen-bond acceptors (Lipinski definition) is 4. The number of benzene rings is 1. The van der Waals surface area contributed by atoms with Gasteiger partial charge in [-0.3, -0.25) is 14.2 Å². The average Bonchev–Trinajstić information content (AvgIpc) is 2.50. The van der Waals surface area contributed by atoms with Crippen molar-refractivity contribution in [1.29, 1.82) is 0 Å². The zero-order chi connectivity index (χ0) is 15.2. The minimum Gasteiger partial charge on any atom is -0.372 e. The summed E-state index contributed by atoms with van der Waals surface area (Å²) >= 11 is 0. The highest BCUT2D eigenvalue weighted by atomic mass is 16.5. The van der Waals surface area contributed by atoms with Crippen LogP contribution in [0.1, 0.15) is 19.2 Å². The molecule has 0 unspecified atom stereocenters. The van der Waals surface area contributed by atoms with Gasteiger partial charge in [0, 0.05) is 13.7 Å². The van der Waals surface area contributed by atoms with Crippen LogP contribution in [0.4, 0.5) is 0 Å². The van der Waals surface area contributed by atoms with Gasteiger partial charge >= 0.3 is 0 Å². The van der Waals surface area contributed by atoms with Gasteiger partial charge in [-0.1, -0.05) is 19.1 Å². The van der Waals surface area contributed by atoms with Crippen LogP contribution in [0, 0.1) is 0 Å². The van der Waals surface area contributed by atoms with Crippen LogP contribution in [0.5, 0.6) is 0 Å². The molecule has 0 aliphatic heterocycles. The fraction of sp³-hybridized carbons (Fsp3) is 0.400. The molecule has 1 amide bonds. The second-order valence-electron chi connectivity index (χ2n) is 4.74. The Kier molecular flexibility index (Phi) is 5.05. The number of para-hydroxylation sites is 1. The molecule has 0 bridgehead atoms. The monoisotopic (exact) mass is 289 g/mol. The Labute approximate surface area is 122 Å². The lowest BCUT2D eigenvalue weighted by atomic mass is 10.2. The van der Waals surface area contributed by atoms with Gasteiger partial charge in [-0.05, 0) is 18.6 Å². The molecule has 2 aromatic rings. The first-order valence-corrected chi connectivity index (χ1v) is 6.92. The molecular formula is C15H19N3O3. The Hall–Kier alpha value is -2.21. The third-order valence-corrected chi connectivity index (χ3v) is 3.10. The highest BCUT2D eigenvalue weighted by Gasteiger charge is 2.09. The van der Waals surface area contributed by atoms with Crippen LogP contribution in [0.25, 0.3) is 10.9 Å². The maximum Gasteiger partial charge on any atom is 0.261 e. The van der Waals surface area contributed by atoms with Gasteiger partial charge in [0.2, 0.25) is 5.91 Å². The number of aromatic nitrogens is 2. The summed E-state index contributed by atoms with van der Waals surface area (Å²) in [6.45, 7) is 2.76. The van der Waals surface area contributed by atoms with Crippen LogP contribution >= 0.6 is 0 Å². The van der Waals surface area contributed by atoms with Crippen LogP contribution in [-0.4, -0.2) is 28.7 Å². The number of nitrogens with zero attached hydrogens (tertiary/aromatic N) is 2. The molecule has 112 valence electrons. The van der Waals surface area contributed by atoms with E-state index < -0.39 is 0 Å². The normalized spacial score (nSPS) is 10.8. The molecule has 1 aromatic carbocycles. The third kappa shape index (κ3) is 3.66. The van der Waals surface area contributed by atoms with Crippen molar-refractivity contribution in [2.45, 2.75) is 19.9 Å². The van der Waals surface area contributed by atoms with Crippen molar-refractivity contribution in [3.8, 4) is 0 Å². The number of rotatable bonds is 6. The molecule has 0 saturated carbocycles. The SMILES string of the molecule is CCCOCC(=O)NCc1nc2ccccc2c(=O)n1C. The summed E-state index contributed by atoms with van der Waals surface area (Å²) in [6.07, 6.45) is 0.869. The maximum atomic E-state index is 12.2. The molecule has 0 atom stereocenters. The van der Waals surface area contributed by atoms with Crippen molar-refractivity contribution in [3.63, 3.8) is 0 Å². The van der Waals surface area contributed by atoms with Crippen molar-refractivity contribution < 1.29 is 9.53 Å². The molecule has 21 heavy (non-hydrogen) atoms. The molecule has 0 aliphatic rings. The van der Waals surface area contributed by atoms with E-state index in [9.17, 15) is 9.59 Å². The summed E-state index contributed by atoms with van der Waals surface area (Å²) in [5.74, 6) is 0.299. The molecule has 0 saturated heterocycles. The second-order valence-corrected chi connectivity index (χ2v) is 4.74. The Morgan fingerprint density at radius 1 is 1.38 bits per heavy atom. The summed E-state index contributed by atoms with van der Waals surface area (Å²) in [6, 6.07) is 7.16. The van der Waals surface area contributed by atoms with Gasteiger partial charge in [-0.2, -0.15) is 0 Å². The topological polar surface area (TPSA) is 73.2 Å². The second kappa shape index (κ2) is 6.99. The first-order valence-electron chi connectivity index (χ1n) is 6.92. The molecule has 2 rings (SSSR count). The van der Waals surface area contributed by atoms with Gasteiger partial charge in [0.25, 0.3) is 5.56 Å². The first-order chi connectivity index (χ1) is 10.1. The van der Waals surface area contributed by atoms with Crippen molar-refractivity contribution in [2.75, 3.05) is 13.2 Å². The lowest BCUT2D eigenvalue weighted by molar-refractivity contribution is -0.125. The quantitative estimate of drug-likeness (QED) is 0.804. The van der Waals surface area contributed by atoms with Gasteiger partial charge in [0.05, 0.1) is 17.4 Å². The van der Waals surface area contributed by atoms with E-state index in [0.29, 0.717) is 23.3 Å². The predicted octanol–water partition coefficient (Wildman–Crippen LogP) is 0.976. The van der Waals surface area contributed by atoms with Gasteiger partial charge in [0.1, 0.15) is 12.4 Å². The number of nitrogens with one attached hydrogen (secondary N) is 1. The van der Waals surface area contributed by atoms with E-state index in [1.807, 2.05) is 13.0 Å². The van der Waals surface area contributed by atoms with Crippen LogP contribution in [-0.2, 0) is 23.1 Å². The average molecular weight is 289 g/mol. The van der Waals surface area contributed by atoms with Crippen LogP contribution < -0.4 is 10.9 Å². The minimum atomic E-state index is -0.217. The Morgan fingerprint density at radius 2 is 2.14 bits per heavy atom. The smallest absolute Gasteiger partial charge is 0.261 e. The molecule has 6 nitrogen and oxygen atoms in total. The fourth-order valence-corrected chi connectivity index (χ4v) is 1.96. The molecule has 0 fully saturated rings. The number of ether oxygens (including phenoxy) is 1. The van der Waals surface area contributed by atoms with E-state index in [4.69, 9.17) is 4.74 Å². The Balaban J connectivity index is 2.10. The predicted molar refractivity (Wildman–Crippen MR) is 79.9 cm³/mol. The minimum absolute atomic E-state index is 0.0232. The molecule has 1 aromatic heterocycles. The third-order valence-electron chi connectivity index (χ3n) is 3.10. The van der Waals surface area contributed by atoms with E-state index in [0.717, 1.165) is 6.42 Å². The molecular weight excluding hydrogens is 270 g/mol. The summed E-state index contributed by atoms with van der Waals surface area (Å²) in [7, 11) is 1.65. The summed E-state index contributed by atoms with van der Waals surface area (Å²) < 4.78 is 6.61. The van der Waals surface area contributed by atoms with E-state index >= 15 is 0 Å². The molecule has 1 N–H and O–H groups in total. The summed E-state index contributed by atoms with van der Waals surface area (Å²) in [5.41, 5.74) is 0.513. The molecule has 0 spiro atoms. The van der Waals surface area contributed by atoms with Gasteiger partial charge in [0.15, 0.2) is 0 Å². The lowest BCUT2D eigenvalue weighted by Crippen LogP contribution is -2.31. The van der Waals surface area contributed by atoms with Crippen molar-refractivity contribution in [3.05, 3.63) is 40.4 Å². The van der Waals surface area contributed by atoms with Gasteiger partial charge < -0.3 is 10.1 Å². The van der Waals surface area contributed by atoms with Crippen LogP contribution in [0.15, 0.2) is 29.1 Å². The highest BCUT2D eigenvalue weighted by Crippen LogP contribution is 2.06. The fourth-order valence-electron chi connectivity index (χ4n) is 1.96. The zero-order valence-corrected chi connectivity index (χ0v) is 12.3. The van der Waals surface area contributed by atoms with Crippen molar-refractivity contribution in [1.82, 2.24) is 14.9 Å². The largest absolute Gasteiger partial charge is 0.372 e. The van der Waals surface area contributed by atoms with E-state index in [-0.39, 0.29) is 24.6 Å². The Morgan fingerprint density at radius 3 is 2.90 bits per heavy atom. The first kappa shape index (κ1) is 15.2. The standard InChI is InChI=1S/C15H19N3O3/c1-3-8-21-10-14(19)16-9-13-17-12-7-5-4-6-11(12)15(20)18(13)2/h4-7H,3,8-10H2,1-2H3,(H,16,19). The summed E-state index contributed by atoms with van der Waals surface area (Å²) in [5, 5.41) is 3.28. The number of carbonyl (C=O) groups is 1. The molecule has 1 heterocycles. The van der Waals surface area contributed by atoms with Gasteiger partial charge in [-0.15, -0.1) is 0 Å². The van der Waals surface area contributed by atoms with E-state index in [1.165, 1.54) is 4.57 Å². The maximum absolute atomic E-state index is 12.2. The van der Waals surface area contributed by atoms with E-state index in [2.05, 4.69) is 10.3 Å². The molecule has 0 radical (unpaired) electrons. The van der Waals surface area contributed by atoms with E-state index in [1.54, 1.807) is 25.2 Å². The summed E-state index contributed by atoms with van der Waals surface area (Å²) in [4.78, 5) is 28.2. The lowest BCUT2D eigenvalue weighted by Gasteiger charge is -2.10. The van der Waals surface area contributed by atoms with Crippen molar-refractivity contribution in [2.24, 2.45) is 7.05 Å². The van der Waals surface area contributed by atoms with Crippen molar-refractivity contribution >= 4 is 16.8 Å². The number of fused-ring (bicyclic) bond motifs is 1.